The molecule has 0 spiro atoms. The van der Waals surface area contributed by atoms with Crippen molar-refractivity contribution >= 4 is 0 Å². The van der Waals surface area contributed by atoms with Crippen molar-refractivity contribution in [2.45, 2.75) is 25.2 Å². The zero-order chi connectivity index (χ0) is 21.8. The maximum atomic E-state index is 13.4. The van der Waals surface area contributed by atoms with Crippen molar-refractivity contribution in [1.82, 2.24) is 29.6 Å². The van der Waals surface area contributed by atoms with E-state index in [0.717, 1.165) is 50.3 Å². The van der Waals surface area contributed by atoms with Gasteiger partial charge in [0.1, 0.15) is 11.6 Å². The minimum Gasteiger partial charge on any atom is -0.303 e. The van der Waals surface area contributed by atoms with E-state index < -0.39 is 0 Å². The highest BCUT2D eigenvalue weighted by atomic mass is 19.1. The molecule has 2 aromatic carbocycles. The van der Waals surface area contributed by atoms with Crippen LogP contribution in [0, 0.1) is 5.82 Å². The van der Waals surface area contributed by atoms with E-state index in [4.69, 9.17) is 10.1 Å². The summed E-state index contributed by atoms with van der Waals surface area (Å²) in [5, 5.41) is 4.70. The molecule has 6 nitrogen and oxygen atoms in total. The summed E-state index contributed by atoms with van der Waals surface area (Å²) in [6.07, 6.45) is 6.48. The lowest BCUT2D eigenvalue weighted by Gasteiger charge is -2.31. The summed E-state index contributed by atoms with van der Waals surface area (Å²) in [5.74, 6) is 1.95. The number of aromatic nitrogens is 5. The first-order valence-corrected chi connectivity index (χ1v) is 11.0. The monoisotopic (exact) mass is 428 g/mol. The Labute approximate surface area is 186 Å². The molecule has 0 saturated carbocycles. The van der Waals surface area contributed by atoms with Crippen LogP contribution in [0.15, 0.2) is 73.1 Å². The normalized spacial score (nSPS) is 15.2. The van der Waals surface area contributed by atoms with Gasteiger partial charge in [-0.05, 0) is 68.2 Å². The molecule has 0 aliphatic carbocycles. The number of nitrogens with zero attached hydrogens (tertiary/aromatic N) is 6. The molecule has 0 radical (unpaired) electrons. The molecule has 4 aromatic rings. The fraction of sp³-hybridized carbons (Fsp3) is 0.280. The standard InChI is InChI=1S/C25H25FN6/c26-22-9-7-20(8-10-22)23-29-24(32(30-23)25-27-14-4-15-28-25)21-12-17-31(18-13-21)16-11-19-5-2-1-3-6-19/h1-10,14-15,21H,11-13,16-18H2. The average Bonchev–Trinajstić information content (AvgIpc) is 3.30. The summed E-state index contributed by atoms with van der Waals surface area (Å²) in [5.41, 5.74) is 2.15. The summed E-state index contributed by atoms with van der Waals surface area (Å²) < 4.78 is 15.1. The van der Waals surface area contributed by atoms with E-state index in [2.05, 4.69) is 45.2 Å². The first-order chi connectivity index (χ1) is 15.8. The second kappa shape index (κ2) is 9.36. The van der Waals surface area contributed by atoms with E-state index in [1.807, 2.05) is 0 Å². The smallest absolute Gasteiger partial charge is 0.252 e. The highest BCUT2D eigenvalue weighted by molar-refractivity contribution is 5.54. The first kappa shape index (κ1) is 20.5. The Balaban J connectivity index is 1.34. The predicted molar refractivity (Wildman–Crippen MR) is 121 cm³/mol. The highest BCUT2D eigenvalue weighted by Gasteiger charge is 2.27. The third-order valence-electron chi connectivity index (χ3n) is 5.99. The Hall–Kier alpha value is -3.45. The molecule has 1 fully saturated rings. The third-order valence-corrected chi connectivity index (χ3v) is 5.99. The van der Waals surface area contributed by atoms with Crippen LogP contribution in [-0.4, -0.2) is 49.3 Å². The molecule has 1 saturated heterocycles. The molecule has 7 heteroatoms. The molecule has 1 aliphatic rings. The Morgan fingerprint density at radius 1 is 0.875 bits per heavy atom. The van der Waals surface area contributed by atoms with E-state index in [1.165, 1.54) is 17.7 Å². The minimum atomic E-state index is -0.275. The lowest BCUT2D eigenvalue weighted by atomic mass is 9.95. The molecule has 0 atom stereocenters. The minimum absolute atomic E-state index is 0.272. The molecule has 0 N–H and O–H groups in total. The fourth-order valence-electron chi connectivity index (χ4n) is 4.20. The summed E-state index contributed by atoms with van der Waals surface area (Å²) >= 11 is 0. The summed E-state index contributed by atoms with van der Waals surface area (Å²) in [4.78, 5) is 16.1. The lowest BCUT2D eigenvalue weighted by molar-refractivity contribution is 0.210. The molecule has 2 aromatic heterocycles. The summed E-state index contributed by atoms with van der Waals surface area (Å²) in [6, 6.07) is 18.7. The van der Waals surface area contributed by atoms with Crippen molar-refractivity contribution in [3.05, 3.63) is 90.3 Å². The van der Waals surface area contributed by atoms with Gasteiger partial charge < -0.3 is 4.90 Å². The third kappa shape index (κ3) is 4.57. The van der Waals surface area contributed by atoms with Gasteiger partial charge in [0, 0.05) is 30.4 Å². The van der Waals surface area contributed by atoms with Gasteiger partial charge in [-0.3, -0.25) is 0 Å². The van der Waals surface area contributed by atoms with Crippen LogP contribution in [0.2, 0.25) is 0 Å². The molecule has 3 heterocycles. The molecular weight excluding hydrogens is 403 g/mol. The van der Waals surface area contributed by atoms with Crippen molar-refractivity contribution < 1.29 is 4.39 Å². The number of hydrogen-bond acceptors (Lipinski definition) is 5. The zero-order valence-electron chi connectivity index (χ0n) is 17.8. The molecule has 32 heavy (non-hydrogen) atoms. The predicted octanol–water partition coefficient (Wildman–Crippen LogP) is 4.29. The quantitative estimate of drug-likeness (QED) is 0.459. The largest absolute Gasteiger partial charge is 0.303 e. The Morgan fingerprint density at radius 3 is 2.31 bits per heavy atom. The maximum Gasteiger partial charge on any atom is 0.252 e. The first-order valence-electron chi connectivity index (χ1n) is 11.0. The van der Waals surface area contributed by atoms with E-state index in [0.29, 0.717) is 11.8 Å². The van der Waals surface area contributed by atoms with Crippen LogP contribution in [0.4, 0.5) is 4.39 Å². The van der Waals surface area contributed by atoms with Crippen molar-refractivity contribution in [1.29, 1.82) is 0 Å². The molecule has 0 unspecified atom stereocenters. The number of rotatable bonds is 6. The van der Waals surface area contributed by atoms with Crippen LogP contribution < -0.4 is 0 Å². The van der Waals surface area contributed by atoms with Crippen LogP contribution in [0.25, 0.3) is 17.3 Å². The van der Waals surface area contributed by atoms with E-state index in [9.17, 15) is 4.39 Å². The Kier molecular flexibility index (Phi) is 5.98. The molecule has 0 bridgehead atoms. The van der Waals surface area contributed by atoms with Crippen molar-refractivity contribution in [2.75, 3.05) is 19.6 Å². The lowest BCUT2D eigenvalue weighted by Crippen LogP contribution is -2.35. The van der Waals surface area contributed by atoms with Crippen LogP contribution in [0.1, 0.15) is 30.1 Å². The van der Waals surface area contributed by atoms with Gasteiger partial charge in [-0.1, -0.05) is 30.3 Å². The summed E-state index contributed by atoms with van der Waals surface area (Å²) in [6.45, 7) is 3.10. The van der Waals surface area contributed by atoms with Gasteiger partial charge in [-0.2, -0.15) is 4.68 Å². The fourth-order valence-corrected chi connectivity index (χ4v) is 4.20. The van der Waals surface area contributed by atoms with Crippen LogP contribution in [0.5, 0.6) is 0 Å². The van der Waals surface area contributed by atoms with E-state index in [-0.39, 0.29) is 11.7 Å². The zero-order valence-corrected chi connectivity index (χ0v) is 17.8. The van der Waals surface area contributed by atoms with Crippen LogP contribution in [0.3, 0.4) is 0 Å². The van der Waals surface area contributed by atoms with Gasteiger partial charge in [0.25, 0.3) is 5.95 Å². The van der Waals surface area contributed by atoms with Gasteiger partial charge >= 0.3 is 0 Å². The number of piperidine rings is 1. The van der Waals surface area contributed by atoms with Crippen molar-refractivity contribution in [2.24, 2.45) is 0 Å². The average molecular weight is 429 g/mol. The SMILES string of the molecule is Fc1ccc(-c2nc(C3CCN(CCc4ccccc4)CC3)n(-c3ncccn3)n2)cc1. The molecule has 1 aliphatic heterocycles. The van der Waals surface area contributed by atoms with Crippen molar-refractivity contribution in [3.8, 4) is 17.3 Å². The molecule has 5 rings (SSSR count). The number of halogens is 1. The van der Waals surface area contributed by atoms with Gasteiger partial charge in [-0.15, -0.1) is 5.10 Å². The topological polar surface area (TPSA) is 59.7 Å². The van der Waals surface area contributed by atoms with Gasteiger partial charge in [-0.25, -0.2) is 19.3 Å². The van der Waals surface area contributed by atoms with E-state index >= 15 is 0 Å². The molecule has 0 amide bonds. The highest BCUT2D eigenvalue weighted by Crippen LogP contribution is 2.30. The maximum absolute atomic E-state index is 13.4. The second-order valence-corrected chi connectivity index (χ2v) is 8.11. The molecular formula is C25H25FN6. The number of benzene rings is 2. The Morgan fingerprint density at radius 2 is 1.59 bits per heavy atom. The van der Waals surface area contributed by atoms with Gasteiger partial charge in [0.15, 0.2) is 5.82 Å². The molecule has 162 valence electrons. The summed E-state index contributed by atoms with van der Waals surface area (Å²) in [7, 11) is 0. The Bertz CT molecular complexity index is 1140. The van der Waals surface area contributed by atoms with Crippen LogP contribution >= 0.6 is 0 Å². The van der Waals surface area contributed by atoms with Gasteiger partial charge in [0.2, 0.25) is 0 Å². The number of likely N-dealkylation sites (tertiary alicyclic amines) is 1. The second-order valence-electron chi connectivity index (χ2n) is 8.11. The number of hydrogen-bond donors (Lipinski definition) is 0. The van der Waals surface area contributed by atoms with Crippen LogP contribution in [-0.2, 0) is 6.42 Å². The van der Waals surface area contributed by atoms with Gasteiger partial charge in [0.05, 0.1) is 0 Å². The van der Waals surface area contributed by atoms with E-state index in [1.54, 1.807) is 35.3 Å². The van der Waals surface area contributed by atoms with Crippen molar-refractivity contribution in [3.63, 3.8) is 0 Å².